The van der Waals surface area contributed by atoms with Gasteiger partial charge >= 0.3 is 0 Å². The van der Waals surface area contributed by atoms with E-state index in [4.69, 9.17) is 0 Å². The van der Waals surface area contributed by atoms with E-state index in [-0.39, 0.29) is 17.1 Å². The molecule has 0 aliphatic heterocycles. The van der Waals surface area contributed by atoms with Crippen LogP contribution in [0.2, 0.25) is 0 Å². The van der Waals surface area contributed by atoms with Gasteiger partial charge in [-0.2, -0.15) is 4.80 Å². The summed E-state index contributed by atoms with van der Waals surface area (Å²) in [5.74, 6) is -2.88. The van der Waals surface area contributed by atoms with Crippen LogP contribution in [0.25, 0.3) is 11.4 Å². The first-order valence-corrected chi connectivity index (χ1v) is 11.7. The van der Waals surface area contributed by atoms with Crippen molar-refractivity contribution in [3.63, 3.8) is 0 Å². The average molecular weight is 523 g/mol. The van der Waals surface area contributed by atoms with E-state index >= 15 is 4.39 Å². The molecule has 4 rings (SSSR count). The monoisotopic (exact) mass is 522 g/mol. The summed E-state index contributed by atoms with van der Waals surface area (Å²) in [7, 11) is 0. The van der Waals surface area contributed by atoms with Gasteiger partial charge in [0.15, 0.2) is 0 Å². The molecule has 0 saturated heterocycles. The number of amides is 2. The highest BCUT2D eigenvalue weighted by molar-refractivity contribution is 6.01. The fourth-order valence-corrected chi connectivity index (χ4v) is 3.79. The molecule has 196 valence electrons. The van der Waals surface area contributed by atoms with Crippen LogP contribution in [0.5, 0.6) is 0 Å². The molecule has 38 heavy (non-hydrogen) atoms. The van der Waals surface area contributed by atoms with Gasteiger partial charge < -0.3 is 5.32 Å². The molecule has 0 bridgehead atoms. The lowest BCUT2D eigenvalue weighted by Crippen LogP contribution is -2.50. The van der Waals surface area contributed by atoms with Gasteiger partial charge in [-0.25, -0.2) is 13.2 Å². The van der Waals surface area contributed by atoms with Crippen LogP contribution < -0.4 is 10.2 Å². The smallest absolute Gasteiger partial charge is 0.251 e. The number of benzene rings is 3. The quantitative estimate of drug-likeness (QED) is 0.387. The standard InChI is InChI=1S/C27H25F3N6O2/c1-27(2,3)31-26(38)24(17-8-12-19(28)13-9-17)36(22-7-5-4-6-21(22)30)23(37)16-35-33-25(32-34-35)18-10-14-20(29)15-11-18/h4-15,24H,16H2,1-3H3,(H,31,38)/t24-/m0/s1. The fraction of sp³-hybridized carbons (Fsp3) is 0.222. The Labute approximate surface area is 217 Å². The zero-order chi connectivity index (χ0) is 27.4. The number of rotatable bonds is 7. The van der Waals surface area contributed by atoms with Crippen LogP contribution in [0.1, 0.15) is 32.4 Å². The van der Waals surface area contributed by atoms with Crippen molar-refractivity contribution in [1.29, 1.82) is 0 Å². The van der Waals surface area contributed by atoms with Gasteiger partial charge in [0, 0.05) is 11.1 Å². The number of halogens is 3. The van der Waals surface area contributed by atoms with Gasteiger partial charge in [0.25, 0.3) is 5.91 Å². The van der Waals surface area contributed by atoms with E-state index in [2.05, 4.69) is 20.7 Å². The van der Waals surface area contributed by atoms with Crippen LogP contribution in [0.15, 0.2) is 72.8 Å². The predicted octanol–water partition coefficient (Wildman–Crippen LogP) is 4.45. The second kappa shape index (κ2) is 10.8. The molecule has 8 nitrogen and oxygen atoms in total. The molecule has 1 heterocycles. The van der Waals surface area contributed by atoms with Crippen LogP contribution in [-0.2, 0) is 16.1 Å². The maximum atomic E-state index is 15.1. The number of nitrogens with zero attached hydrogens (tertiary/aromatic N) is 5. The first-order chi connectivity index (χ1) is 18.0. The van der Waals surface area contributed by atoms with E-state index < -0.39 is 47.4 Å². The summed E-state index contributed by atoms with van der Waals surface area (Å²) in [5, 5.41) is 14.8. The molecule has 0 saturated carbocycles. The van der Waals surface area contributed by atoms with Gasteiger partial charge in [-0.05, 0) is 80.1 Å². The van der Waals surface area contributed by atoms with Gasteiger partial charge in [0.1, 0.15) is 30.0 Å². The SMILES string of the molecule is CC(C)(C)NC(=O)[C@H](c1ccc(F)cc1)N(C(=O)Cn1nnc(-c2ccc(F)cc2)n1)c1ccccc1F. The topological polar surface area (TPSA) is 93.0 Å². The summed E-state index contributed by atoms with van der Waals surface area (Å²) >= 11 is 0. The molecular weight excluding hydrogens is 497 g/mol. The number of tetrazole rings is 1. The van der Waals surface area contributed by atoms with Crippen LogP contribution in [-0.4, -0.2) is 37.6 Å². The minimum Gasteiger partial charge on any atom is -0.349 e. The zero-order valence-electron chi connectivity index (χ0n) is 20.9. The number of hydrogen-bond donors (Lipinski definition) is 1. The lowest BCUT2D eigenvalue weighted by atomic mass is 10.0. The molecule has 4 aromatic rings. The highest BCUT2D eigenvalue weighted by Gasteiger charge is 2.36. The Morgan fingerprint density at radius 1 is 0.921 bits per heavy atom. The van der Waals surface area contributed by atoms with Gasteiger partial charge in [-0.15, -0.1) is 10.2 Å². The van der Waals surface area contributed by atoms with Crippen LogP contribution in [0, 0.1) is 17.5 Å². The second-order valence-corrected chi connectivity index (χ2v) is 9.56. The van der Waals surface area contributed by atoms with E-state index in [1.165, 1.54) is 60.7 Å². The van der Waals surface area contributed by atoms with Crippen LogP contribution in [0.4, 0.5) is 18.9 Å². The van der Waals surface area contributed by atoms with E-state index in [9.17, 15) is 18.4 Å². The summed E-state index contributed by atoms with van der Waals surface area (Å²) in [6.07, 6.45) is 0. The highest BCUT2D eigenvalue weighted by Crippen LogP contribution is 2.31. The number of anilines is 1. The molecule has 1 atom stereocenters. The molecule has 0 fully saturated rings. The molecular formula is C27H25F3N6O2. The van der Waals surface area contributed by atoms with Gasteiger partial charge in [-0.3, -0.25) is 14.5 Å². The van der Waals surface area contributed by atoms with Crippen molar-refractivity contribution in [2.75, 3.05) is 4.90 Å². The summed E-state index contributed by atoms with van der Waals surface area (Å²) in [6, 6.07) is 14.6. The molecule has 1 N–H and O–H groups in total. The fourth-order valence-electron chi connectivity index (χ4n) is 3.79. The molecule has 2 amide bonds. The maximum absolute atomic E-state index is 15.1. The second-order valence-electron chi connectivity index (χ2n) is 9.56. The number of carbonyl (C=O) groups excluding carboxylic acids is 2. The molecule has 0 radical (unpaired) electrons. The van der Waals surface area contributed by atoms with Crippen molar-refractivity contribution in [2.24, 2.45) is 0 Å². The van der Waals surface area contributed by atoms with Crippen molar-refractivity contribution in [3.8, 4) is 11.4 Å². The summed E-state index contributed by atoms with van der Waals surface area (Å²) in [4.78, 5) is 29.3. The summed E-state index contributed by atoms with van der Waals surface area (Å²) in [5.41, 5.74) is -0.0977. The van der Waals surface area contributed by atoms with Crippen molar-refractivity contribution < 1.29 is 22.8 Å². The summed E-state index contributed by atoms with van der Waals surface area (Å²) in [6.45, 7) is 4.79. The summed E-state index contributed by atoms with van der Waals surface area (Å²) < 4.78 is 42.1. The number of carbonyl (C=O) groups is 2. The molecule has 1 aromatic heterocycles. The minimum atomic E-state index is -1.35. The number of para-hydroxylation sites is 1. The zero-order valence-corrected chi connectivity index (χ0v) is 20.9. The number of aromatic nitrogens is 4. The number of hydrogen-bond acceptors (Lipinski definition) is 5. The van der Waals surface area contributed by atoms with Crippen molar-refractivity contribution in [2.45, 2.75) is 38.9 Å². The Kier molecular flexibility index (Phi) is 7.56. The Bertz CT molecular complexity index is 1430. The molecule has 3 aromatic carbocycles. The van der Waals surface area contributed by atoms with E-state index in [0.717, 1.165) is 21.8 Å². The molecule has 11 heteroatoms. The minimum absolute atomic E-state index is 0.149. The Hall–Kier alpha value is -4.54. The lowest BCUT2D eigenvalue weighted by molar-refractivity contribution is -0.128. The van der Waals surface area contributed by atoms with E-state index in [1.54, 1.807) is 20.8 Å². The van der Waals surface area contributed by atoms with Crippen molar-refractivity contribution in [1.82, 2.24) is 25.5 Å². The number of nitrogens with one attached hydrogen (secondary N) is 1. The Morgan fingerprint density at radius 2 is 1.53 bits per heavy atom. The van der Waals surface area contributed by atoms with Gasteiger partial charge in [-0.1, -0.05) is 24.3 Å². The first-order valence-electron chi connectivity index (χ1n) is 11.7. The average Bonchev–Trinajstić information content (AvgIpc) is 3.31. The third kappa shape index (κ3) is 6.23. The van der Waals surface area contributed by atoms with Crippen molar-refractivity contribution >= 4 is 17.5 Å². The largest absolute Gasteiger partial charge is 0.349 e. The Morgan fingerprint density at radius 3 is 2.13 bits per heavy atom. The lowest BCUT2D eigenvalue weighted by Gasteiger charge is -2.33. The maximum Gasteiger partial charge on any atom is 0.251 e. The van der Waals surface area contributed by atoms with Crippen molar-refractivity contribution in [3.05, 3.63) is 95.8 Å². The molecule has 0 unspecified atom stereocenters. The third-order valence-corrected chi connectivity index (χ3v) is 5.40. The van der Waals surface area contributed by atoms with Gasteiger partial charge in [0.2, 0.25) is 11.7 Å². The highest BCUT2D eigenvalue weighted by atomic mass is 19.1. The molecule has 0 aliphatic rings. The Balaban J connectivity index is 1.75. The van der Waals surface area contributed by atoms with E-state index in [0.29, 0.717) is 5.56 Å². The van der Waals surface area contributed by atoms with E-state index in [1.807, 2.05) is 0 Å². The third-order valence-electron chi connectivity index (χ3n) is 5.40. The molecule has 0 aliphatic carbocycles. The van der Waals surface area contributed by atoms with Crippen LogP contribution in [0.3, 0.4) is 0 Å². The van der Waals surface area contributed by atoms with Crippen LogP contribution >= 0.6 is 0 Å². The van der Waals surface area contributed by atoms with Gasteiger partial charge in [0.05, 0.1) is 5.69 Å². The molecule has 0 spiro atoms. The predicted molar refractivity (Wildman–Crippen MR) is 134 cm³/mol. The normalized spacial score (nSPS) is 12.2. The first kappa shape index (κ1) is 26.5.